The Balaban J connectivity index is 2.57. The van der Waals surface area contributed by atoms with E-state index in [2.05, 4.69) is 24.4 Å². The zero-order valence-electron chi connectivity index (χ0n) is 7.21. The molecule has 3 heteroatoms. The Bertz CT molecular complexity index is 194. The van der Waals surface area contributed by atoms with Gasteiger partial charge >= 0.3 is 0 Å². The van der Waals surface area contributed by atoms with Gasteiger partial charge in [-0.05, 0) is 12.3 Å². The third-order valence-corrected chi connectivity index (χ3v) is 3.58. The van der Waals surface area contributed by atoms with Crippen LogP contribution in [0.4, 0.5) is 0 Å². The van der Waals surface area contributed by atoms with Crippen LogP contribution in [-0.4, -0.2) is 11.5 Å². The lowest BCUT2D eigenvalue weighted by atomic mass is 10.0. The maximum Gasteiger partial charge on any atom is 0.0240 e. The van der Waals surface area contributed by atoms with Crippen LogP contribution in [0.1, 0.15) is 20.3 Å². The van der Waals surface area contributed by atoms with Gasteiger partial charge in [0.15, 0.2) is 0 Å². The first-order valence-electron chi connectivity index (χ1n) is 4.01. The van der Waals surface area contributed by atoms with Crippen LogP contribution in [0.3, 0.4) is 0 Å². The van der Waals surface area contributed by atoms with E-state index in [4.69, 9.17) is 5.84 Å². The number of nitrogens with zero attached hydrogens (tertiary/aromatic N) is 1. The quantitative estimate of drug-likeness (QED) is 0.364. The maximum absolute atomic E-state index is 5.23. The third kappa shape index (κ3) is 2.42. The van der Waals surface area contributed by atoms with Gasteiger partial charge in [0.1, 0.15) is 0 Å². The summed E-state index contributed by atoms with van der Waals surface area (Å²) in [6.45, 7) is 4.49. The second-order valence-electron chi connectivity index (χ2n) is 3.12. The number of hydrogen-bond acceptors (Lipinski definition) is 1. The average Bonchev–Trinajstić information content (AvgIpc) is 2.05. The molecule has 0 amide bonds. The molecule has 1 aliphatic heterocycles. The SMILES string of the molecule is CC(C)C1=CC/S(=N/N)CC1. The van der Waals surface area contributed by atoms with Crippen LogP contribution in [0.5, 0.6) is 0 Å². The van der Waals surface area contributed by atoms with Crippen molar-refractivity contribution in [3.8, 4) is 0 Å². The summed E-state index contributed by atoms with van der Waals surface area (Å²) in [5.41, 5.74) is 1.58. The van der Waals surface area contributed by atoms with E-state index in [9.17, 15) is 0 Å². The second kappa shape index (κ2) is 4.02. The van der Waals surface area contributed by atoms with E-state index in [1.165, 1.54) is 12.2 Å². The molecule has 0 spiro atoms. The highest BCUT2D eigenvalue weighted by atomic mass is 32.2. The minimum absolute atomic E-state index is 0.138. The molecular weight excluding hydrogens is 156 g/mol. The van der Waals surface area contributed by atoms with E-state index in [0.717, 1.165) is 5.75 Å². The minimum Gasteiger partial charge on any atom is -0.221 e. The maximum atomic E-state index is 5.23. The first kappa shape index (κ1) is 8.94. The van der Waals surface area contributed by atoms with Crippen molar-refractivity contribution in [2.24, 2.45) is 16.2 Å². The molecule has 0 bridgehead atoms. The van der Waals surface area contributed by atoms with E-state index in [1.807, 2.05) is 0 Å². The topological polar surface area (TPSA) is 38.4 Å². The molecule has 64 valence electrons. The summed E-state index contributed by atoms with van der Waals surface area (Å²) in [6, 6.07) is 0. The Morgan fingerprint density at radius 3 is 2.73 bits per heavy atom. The lowest BCUT2D eigenvalue weighted by molar-refractivity contribution is 0.729. The highest BCUT2D eigenvalue weighted by Crippen LogP contribution is 2.18. The van der Waals surface area contributed by atoms with Gasteiger partial charge in [-0.25, -0.2) is 5.84 Å². The predicted molar refractivity (Wildman–Crippen MR) is 51.3 cm³/mol. The molecule has 1 atom stereocenters. The summed E-state index contributed by atoms with van der Waals surface area (Å²) in [6.07, 6.45) is 3.51. The molecule has 0 saturated carbocycles. The van der Waals surface area contributed by atoms with Gasteiger partial charge in [-0.1, -0.05) is 36.2 Å². The molecule has 0 radical (unpaired) electrons. The van der Waals surface area contributed by atoms with Gasteiger partial charge < -0.3 is 0 Å². The van der Waals surface area contributed by atoms with Gasteiger partial charge in [0.2, 0.25) is 0 Å². The number of hydrogen-bond donors (Lipinski definition) is 1. The average molecular weight is 172 g/mol. The molecule has 1 unspecified atom stereocenters. The Hall–Kier alpha value is -0.150. The Labute approximate surface area is 70.9 Å². The van der Waals surface area contributed by atoms with Crippen molar-refractivity contribution in [3.05, 3.63) is 11.6 Å². The van der Waals surface area contributed by atoms with Crippen LogP contribution < -0.4 is 5.84 Å². The molecule has 11 heavy (non-hydrogen) atoms. The molecule has 1 rings (SSSR count). The third-order valence-electron chi connectivity index (χ3n) is 2.05. The van der Waals surface area contributed by atoms with Crippen LogP contribution in [0.2, 0.25) is 0 Å². The van der Waals surface area contributed by atoms with Gasteiger partial charge in [-0.2, -0.15) is 4.47 Å². The fourth-order valence-corrected chi connectivity index (χ4v) is 2.48. The molecule has 1 heterocycles. The molecule has 0 aliphatic carbocycles. The summed E-state index contributed by atoms with van der Waals surface area (Å²) in [7, 11) is 0.138. The van der Waals surface area contributed by atoms with E-state index >= 15 is 0 Å². The second-order valence-corrected chi connectivity index (χ2v) is 5.00. The van der Waals surface area contributed by atoms with E-state index in [-0.39, 0.29) is 10.7 Å². The summed E-state index contributed by atoms with van der Waals surface area (Å²) < 4.78 is 3.82. The summed E-state index contributed by atoms with van der Waals surface area (Å²) >= 11 is 0. The van der Waals surface area contributed by atoms with Gasteiger partial charge in [-0.3, -0.25) is 0 Å². The Kier molecular flexibility index (Phi) is 3.27. The zero-order valence-corrected chi connectivity index (χ0v) is 8.03. The fourth-order valence-electron chi connectivity index (χ4n) is 1.24. The summed E-state index contributed by atoms with van der Waals surface area (Å²) in [4.78, 5) is 0. The lowest BCUT2D eigenvalue weighted by Gasteiger charge is -2.17. The number of rotatable bonds is 1. The van der Waals surface area contributed by atoms with Crippen molar-refractivity contribution in [1.82, 2.24) is 0 Å². The molecule has 2 nitrogen and oxygen atoms in total. The molecular formula is C8H16N2S. The predicted octanol–water partition coefficient (Wildman–Crippen LogP) is 1.65. The van der Waals surface area contributed by atoms with Crippen LogP contribution in [-0.2, 0) is 10.7 Å². The summed E-state index contributed by atoms with van der Waals surface area (Å²) in [5.74, 6) is 8.18. The largest absolute Gasteiger partial charge is 0.221 e. The van der Waals surface area contributed by atoms with Crippen LogP contribution in [0.15, 0.2) is 16.1 Å². The zero-order chi connectivity index (χ0) is 8.27. The Morgan fingerprint density at radius 1 is 1.64 bits per heavy atom. The number of allylic oxidation sites excluding steroid dienone is 1. The van der Waals surface area contributed by atoms with Crippen LogP contribution in [0, 0.1) is 5.92 Å². The van der Waals surface area contributed by atoms with Crippen molar-refractivity contribution in [1.29, 1.82) is 0 Å². The van der Waals surface area contributed by atoms with E-state index in [1.54, 1.807) is 5.57 Å². The molecule has 0 saturated heterocycles. The molecule has 0 fully saturated rings. The van der Waals surface area contributed by atoms with E-state index in [0.29, 0.717) is 5.92 Å². The highest BCUT2D eigenvalue weighted by molar-refractivity contribution is 7.87. The van der Waals surface area contributed by atoms with Crippen molar-refractivity contribution in [2.45, 2.75) is 20.3 Å². The van der Waals surface area contributed by atoms with Gasteiger partial charge in [0, 0.05) is 11.5 Å². The van der Waals surface area contributed by atoms with Crippen LogP contribution >= 0.6 is 0 Å². The normalized spacial score (nSPS) is 25.8. The highest BCUT2D eigenvalue weighted by Gasteiger charge is 2.09. The van der Waals surface area contributed by atoms with Crippen LogP contribution in [0.25, 0.3) is 0 Å². The lowest BCUT2D eigenvalue weighted by Crippen LogP contribution is -2.12. The molecule has 1 aliphatic rings. The standard InChI is InChI=1S/C8H16N2S/c1-7(2)8-3-5-11(10-9)6-4-8/h3,7H,4-6,9H2,1-2H3. The smallest absolute Gasteiger partial charge is 0.0240 e. The Morgan fingerprint density at radius 2 is 2.36 bits per heavy atom. The summed E-state index contributed by atoms with van der Waals surface area (Å²) in [5, 5.41) is 0. The minimum atomic E-state index is 0.138. The van der Waals surface area contributed by atoms with Crippen molar-refractivity contribution in [3.63, 3.8) is 0 Å². The molecule has 0 aromatic carbocycles. The van der Waals surface area contributed by atoms with Crippen molar-refractivity contribution in [2.75, 3.05) is 11.5 Å². The van der Waals surface area contributed by atoms with E-state index < -0.39 is 0 Å². The van der Waals surface area contributed by atoms with Gasteiger partial charge in [-0.15, -0.1) is 0 Å². The van der Waals surface area contributed by atoms with Crippen molar-refractivity contribution < 1.29 is 0 Å². The first-order chi connectivity index (χ1) is 5.24. The fraction of sp³-hybridized carbons (Fsp3) is 0.750. The molecule has 0 aromatic heterocycles. The number of nitrogens with two attached hydrogens (primary N) is 1. The van der Waals surface area contributed by atoms with Gasteiger partial charge in [0.05, 0.1) is 0 Å². The molecule has 2 N–H and O–H groups in total. The monoisotopic (exact) mass is 172 g/mol. The first-order valence-corrected chi connectivity index (χ1v) is 5.53. The molecule has 0 aromatic rings. The van der Waals surface area contributed by atoms with Gasteiger partial charge in [0.25, 0.3) is 0 Å². The van der Waals surface area contributed by atoms with Crippen molar-refractivity contribution >= 4 is 10.7 Å².